The lowest BCUT2D eigenvalue weighted by atomic mass is 10.2. The Kier molecular flexibility index (Phi) is 4.96. The second-order valence-electron chi connectivity index (χ2n) is 4.49. The van der Waals surface area contributed by atoms with Gasteiger partial charge in [-0.3, -0.25) is 4.68 Å². The molecule has 0 aliphatic heterocycles. The third-order valence-corrected chi connectivity index (χ3v) is 2.90. The van der Waals surface area contributed by atoms with Crippen molar-refractivity contribution in [3.63, 3.8) is 0 Å². The summed E-state index contributed by atoms with van der Waals surface area (Å²) >= 11 is 0. The van der Waals surface area contributed by atoms with Crippen LogP contribution in [-0.2, 0) is 13.2 Å². The van der Waals surface area contributed by atoms with Crippen LogP contribution in [0.5, 0.6) is 5.75 Å². The van der Waals surface area contributed by atoms with Gasteiger partial charge in [0.15, 0.2) is 11.6 Å². The highest BCUT2D eigenvalue weighted by Gasteiger charge is 2.08. The van der Waals surface area contributed by atoms with Crippen molar-refractivity contribution in [2.75, 3.05) is 6.61 Å². The second kappa shape index (κ2) is 6.91. The summed E-state index contributed by atoms with van der Waals surface area (Å²) in [5.41, 5.74) is 2.39. The van der Waals surface area contributed by atoms with Crippen molar-refractivity contribution in [2.45, 2.75) is 27.0 Å². The molecular weight excluding hydrogens is 271 g/mol. The third-order valence-electron chi connectivity index (χ3n) is 2.90. The summed E-state index contributed by atoms with van der Waals surface area (Å²) in [6, 6.07) is 6.29. The first-order valence-electron chi connectivity index (χ1n) is 6.69. The number of hydrogen-bond donors (Lipinski definition) is 1. The molecule has 0 unspecified atom stereocenters. The fraction of sp³-hybridized carbons (Fsp3) is 0.312. The largest absolute Gasteiger partial charge is 0.484 e. The minimum absolute atomic E-state index is 0.140. The maximum atomic E-state index is 13.7. The third kappa shape index (κ3) is 3.83. The van der Waals surface area contributed by atoms with Crippen molar-refractivity contribution in [3.05, 3.63) is 47.0 Å². The van der Waals surface area contributed by atoms with Gasteiger partial charge in [-0.05, 0) is 38.1 Å². The molecule has 0 radical (unpaired) electrons. The van der Waals surface area contributed by atoms with E-state index in [-0.39, 0.29) is 19.0 Å². The number of nitrogens with zero attached hydrogens (tertiary/aromatic N) is 2. The number of hydrogen-bond acceptors (Lipinski definition) is 3. The molecule has 5 heteroatoms. The maximum absolute atomic E-state index is 13.7. The molecule has 1 N–H and O–H groups in total. The lowest BCUT2D eigenvalue weighted by molar-refractivity contribution is 0.278. The maximum Gasteiger partial charge on any atom is 0.165 e. The number of benzene rings is 1. The minimum Gasteiger partial charge on any atom is -0.484 e. The van der Waals surface area contributed by atoms with E-state index in [1.807, 2.05) is 24.6 Å². The fourth-order valence-corrected chi connectivity index (χ4v) is 1.97. The quantitative estimate of drug-likeness (QED) is 0.878. The van der Waals surface area contributed by atoms with Crippen LogP contribution in [0.3, 0.4) is 0 Å². The van der Waals surface area contributed by atoms with E-state index in [0.29, 0.717) is 5.56 Å². The van der Waals surface area contributed by atoms with Crippen molar-refractivity contribution < 1.29 is 14.2 Å². The molecule has 0 bridgehead atoms. The highest BCUT2D eigenvalue weighted by Crippen LogP contribution is 2.20. The first-order valence-corrected chi connectivity index (χ1v) is 6.69. The Labute approximate surface area is 123 Å². The van der Waals surface area contributed by atoms with Crippen LogP contribution in [0, 0.1) is 24.6 Å². The van der Waals surface area contributed by atoms with Crippen molar-refractivity contribution in [3.8, 4) is 17.6 Å². The van der Waals surface area contributed by atoms with E-state index in [4.69, 9.17) is 9.84 Å². The molecule has 1 aromatic carbocycles. The van der Waals surface area contributed by atoms with Crippen LogP contribution in [0.15, 0.2) is 24.3 Å². The van der Waals surface area contributed by atoms with E-state index >= 15 is 0 Å². The molecule has 0 aliphatic carbocycles. The normalized spacial score (nSPS) is 10.1. The van der Waals surface area contributed by atoms with Gasteiger partial charge in [0, 0.05) is 12.1 Å². The highest BCUT2D eigenvalue weighted by atomic mass is 19.1. The molecule has 2 aromatic rings. The second-order valence-corrected chi connectivity index (χ2v) is 4.49. The van der Waals surface area contributed by atoms with E-state index in [2.05, 4.69) is 16.9 Å². The van der Waals surface area contributed by atoms with Gasteiger partial charge in [0.05, 0.1) is 11.4 Å². The number of aliphatic hydroxyl groups is 1. The average molecular weight is 288 g/mol. The lowest BCUT2D eigenvalue weighted by Crippen LogP contribution is -2.06. The van der Waals surface area contributed by atoms with Gasteiger partial charge >= 0.3 is 0 Å². The van der Waals surface area contributed by atoms with Gasteiger partial charge in [-0.2, -0.15) is 5.10 Å². The Morgan fingerprint density at radius 3 is 2.90 bits per heavy atom. The summed E-state index contributed by atoms with van der Waals surface area (Å²) in [5, 5.41) is 13.0. The Morgan fingerprint density at radius 1 is 1.38 bits per heavy atom. The molecule has 1 heterocycles. The Balaban J connectivity index is 2.15. The summed E-state index contributed by atoms with van der Waals surface area (Å²) < 4.78 is 21.1. The number of rotatable bonds is 4. The molecule has 2 rings (SSSR count). The molecule has 21 heavy (non-hydrogen) atoms. The number of ether oxygens (including phenoxy) is 1. The first-order chi connectivity index (χ1) is 10.1. The van der Waals surface area contributed by atoms with E-state index in [0.717, 1.165) is 17.9 Å². The van der Waals surface area contributed by atoms with Gasteiger partial charge < -0.3 is 9.84 Å². The first kappa shape index (κ1) is 15.1. The van der Waals surface area contributed by atoms with Gasteiger partial charge in [0.2, 0.25) is 0 Å². The molecule has 1 aromatic heterocycles. The summed E-state index contributed by atoms with van der Waals surface area (Å²) in [7, 11) is 0. The van der Waals surface area contributed by atoms with Gasteiger partial charge in [-0.15, -0.1) is 0 Å². The average Bonchev–Trinajstić information content (AvgIpc) is 2.85. The lowest BCUT2D eigenvalue weighted by Gasteiger charge is -2.09. The Morgan fingerprint density at radius 2 is 2.19 bits per heavy atom. The smallest absolute Gasteiger partial charge is 0.165 e. The molecule has 0 saturated heterocycles. The molecule has 0 atom stereocenters. The molecule has 0 spiro atoms. The zero-order valence-electron chi connectivity index (χ0n) is 12.1. The molecule has 4 nitrogen and oxygen atoms in total. The van der Waals surface area contributed by atoms with Crippen molar-refractivity contribution in [1.82, 2.24) is 9.78 Å². The number of aryl methyl sites for hydroxylation is 2. The summed E-state index contributed by atoms with van der Waals surface area (Å²) in [4.78, 5) is 0. The minimum atomic E-state index is -0.441. The summed E-state index contributed by atoms with van der Waals surface area (Å²) in [6.45, 7) is 4.63. The van der Waals surface area contributed by atoms with Gasteiger partial charge in [-0.25, -0.2) is 4.39 Å². The molecular formula is C16H17FN2O2. The van der Waals surface area contributed by atoms with Crippen LogP contribution in [0.1, 0.15) is 23.9 Å². The summed E-state index contributed by atoms with van der Waals surface area (Å²) in [5.74, 6) is 4.94. The van der Waals surface area contributed by atoms with E-state index in [9.17, 15) is 4.39 Å². The van der Waals surface area contributed by atoms with Crippen molar-refractivity contribution in [2.24, 2.45) is 0 Å². The Hall–Kier alpha value is -2.32. The number of halogens is 1. The predicted octanol–water partition coefficient (Wildman–Crippen LogP) is 2.27. The fourth-order valence-electron chi connectivity index (χ4n) is 1.97. The number of aromatic nitrogens is 2. The number of aliphatic hydroxyl groups excluding tert-OH is 1. The molecule has 0 fully saturated rings. The zero-order chi connectivity index (χ0) is 15.2. The van der Waals surface area contributed by atoms with Gasteiger partial charge in [-0.1, -0.05) is 11.8 Å². The predicted molar refractivity (Wildman–Crippen MR) is 77.3 cm³/mol. The highest BCUT2D eigenvalue weighted by molar-refractivity contribution is 5.40. The Bertz CT molecular complexity index is 683. The topological polar surface area (TPSA) is 47.3 Å². The van der Waals surface area contributed by atoms with Crippen molar-refractivity contribution in [1.29, 1.82) is 0 Å². The van der Waals surface area contributed by atoms with Gasteiger partial charge in [0.1, 0.15) is 13.2 Å². The van der Waals surface area contributed by atoms with Gasteiger partial charge in [0.25, 0.3) is 0 Å². The SMILES string of the molecule is CCn1nc(C)cc1COc1cc(C#CCO)ccc1F. The zero-order valence-corrected chi connectivity index (χ0v) is 12.1. The van der Waals surface area contributed by atoms with Crippen LogP contribution in [-0.4, -0.2) is 21.5 Å². The van der Waals surface area contributed by atoms with Crippen LogP contribution in [0.25, 0.3) is 0 Å². The van der Waals surface area contributed by atoms with E-state index in [1.54, 1.807) is 6.07 Å². The van der Waals surface area contributed by atoms with Crippen LogP contribution in [0.4, 0.5) is 4.39 Å². The monoisotopic (exact) mass is 288 g/mol. The molecule has 0 saturated carbocycles. The van der Waals surface area contributed by atoms with E-state index in [1.165, 1.54) is 12.1 Å². The molecule has 0 amide bonds. The van der Waals surface area contributed by atoms with Crippen molar-refractivity contribution >= 4 is 0 Å². The van der Waals surface area contributed by atoms with Crippen LogP contribution >= 0.6 is 0 Å². The standard InChI is InChI=1S/C16H17FN2O2/c1-3-19-14(9-12(2)18-19)11-21-16-10-13(5-4-8-20)6-7-15(16)17/h6-7,9-10,20H,3,8,11H2,1-2H3. The van der Waals surface area contributed by atoms with Crippen LogP contribution in [0.2, 0.25) is 0 Å². The summed E-state index contributed by atoms with van der Waals surface area (Å²) in [6.07, 6.45) is 0. The van der Waals surface area contributed by atoms with E-state index < -0.39 is 5.82 Å². The molecule has 0 aliphatic rings. The molecule has 110 valence electrons. The van der Waals surface area contributed by atoms with Crippen LogP contribution < -0.4 is 4.74 Å².